The third kappa shape index (κ3) is 3.63. The van der Waals surface area contributed by atoms with Gasteiger partial charge in [0, 0.05) is 24.2 Å². The molecule has 0 saturated heterocycles. The van der Waals surface area contributed by atoms with E-state index < -0.39 is 0 Å². The SMILES string of the molecule is CCc1noc(CC)c1C(=O)NCc1c(C)nn(-c2ccc(F)cc2)c1C. The van der Waals surface area contributed by atoms with Crippen molar-refractivity contribution >= 4 is 5.91 Å². The highest BCUT2D eigenvalue weighted by atomic mass is 19.1. The fraction of sp³-hybridized carbons (Fsp3) is 0.350. The average Bonchev–Trinajstić information content (AvgIpc) is 3.21. The molecular formula is C20H23FN4O2. The first-order valence-electron chi connectivity index (χ1n) is 9.02. The molecule has 2 aromatic heterocycles. The van der Waals surface area contributed by atoms with Crippen LogP contribution < -0.4 is 5.32 Å². The molecular weight excluding hydrogens is 347 g/mol. The molecule has 0 fully saturated rings. The van der Waals surface area contributed by atoms with E-state index in [-0.39, 0.29) is 11.7 Å². The van der Waals surface area contributed by atoms with Crippen LogP contribution in [-0.4, -0.2) is 20.8 Å². The van der Waals surface area contributed by atoms with Crippen molar-refractivity contribution in [2.24, 2.45) is 0 Å². The van der Waals surface area contributed by atoms with Crippen molar-refractivity contribution in [1.29, 1.82) is 0 Å². The lowest BCUT2D eigenvalue weighted by molar-refractivity contribution is 0.0948. The maximum atomic E-state index is 13.2. The van der Waals surface area contributed by atoms with E-state index in [4.69, 9.17) is 4.52 Å². The lowest BCUT2D eigenvalue weighted by Crippen LogP contribution is -2.25. The molecule has 3 aromatic rings. The number of nitrogens with zero attached hydrogens (tertiary/aromatic N) is 3. The lowest BCUT2D eigenvalue weighted by atomic mass is 10.1. The summed E-state index contributed by atoms with van der Waals surface area (Å²) in [7, 11) is 0. The van der Waals surface area contributed by atoms with Crippen LogP contribution in [0.25, 0.3) is 5.69 Å². The van der Waals surface area contributed by atoms with Gasteiger partial charge in [0.15, 0.2) is 0 Å². The summed E-state index contributed by atoms with van der Waals surface area (Å²) in [6, 6.07) is 6.15. The van der Waals surface area contributed by atoms with Gasteiger partial charge in [0.2, 0.25) is 0 Å². The summed E-state index contributed by atoms with van der Waals surface area (Å²) in [4.78, 5) is 12.7. The van der Waals surface area contributed by atoms with Crippen molar-refractivity contribution in [3.63, 3.8) is 0 Å². The van der Waals surface area contributed by atoms with Gasteiger partial charge < -0.3 is 9.84 Å². The largest absolute Gasteiger partial charge is 0.360 e. The Morgan fingerprint density at radius 2 is 1.89 bits per heavy atom. The first kappa shape index (κ1) is 18.8. The van der Waals surface area contributed by atoms with Crippen molar-refractivity contribution in [2.45, 2.75) is 47.1 Å². The third-order valence-electron chi connectivity index (χ3n) is 4.65. The quantitative estimate of drug-likeness (QED) is 0.718. The number of carbonyl (C=O) groups excluding carboxylic acids is 1. The predicted octanol–water partition coefficient (Wildman–Crippen LogP) is 3.67. The Hall–Kier alpha value is -2.96. The summed E-state index contributed by atoms with van der Waals surface area (Å²) in [5.74, 6) is 0.109. The molecule has 142 valence electrons. The van der Waals surface area contributed by atoms with E-state index in [2.05, 4.69) is 15.6 Å². The van der Waals surface area contributed by atoms with Crippen LogP contribution in [0, 0.1) is 19.7 Å². The molecule has 2 heterocycles. The zero-order valence-electron chi connectivity index (χ0n) is 16.0. The van der Waals surface area contributed by atoms with Gasteiger partial charge in [-0.05, 0) is 44.5 Å². The van der Waals surface area contributed by atoms with Crippen LogP contribution in [0.4, 0.5) is 4.39 Å². The normalized spacial score (nSPS) is 11.0. The Labute approximate surface area is 157 Å². The molecule has 0 unspecified atom stereocenters. The molecule has 0 atom stereocenters. The molecule has 6 nitrogen and oxygen atoms in total. The second-order valence-electron chi connectivity index (χ2n) is 6.35. The third-order valence-corrected chi connectivity index (χ3v) is 4.65. The van der Waals surface area contributed by atoms with E-state index in [0.717, 1.165) is 22.6 Å². The minimum absolute atomic E-state index is 0.196. The van der Waals surface area contributed by atoms with Crippen molar-refractivity contribution in [3.05, 3.63) is 64.1 Å². The van der Waals surface area contributed by atoms with E-state index >= 15 is 0 Å². The second-order valence-corrected chi connectivity index (χ2v) is 6.35. The number of aromatic nitrogens is 3. The number of amides is 1. The molecule has 0 bridgehead atoms. The molecule has 0 radical (unpaired) electrons. The number of hydrogen-bond donors (Lipinski definition) is 1. The Balaban J connectivity index is 1.82. The smallest absolute Gasteiger partial charge is 0.257 e. The number of carbonyl (C=O) groups is 1. The van der Waals surface area contributed by atoms with E-state index in [1.54, 1.807) is 16.8 Å². The molecule has 3 rings (SSSR count). The number of rotatable bonds is 6. The van der Waals surface area contributed by atoms with Gasteiger partial charge >= 0.3 is 0 Å². The summed E-state index contributed by atoms with van der Waals surface area (Å²) >= 11 is 0. The predicted molar refractivity (Wildman–Crippen MR) is 99.4 cm³/mol. The highest BCUT2D eigenvalue weighted by Crippen LogP contribution is 2.19. The zero-order chi connectivity index (χ0) is 19.6. The van der Waals surface area contributed by atoms with Gasteiger partial charge in [-0.15, -0.1) is 0 Å². The van der Waals surface area contributed by atoms with Crippen LogP contribution in [-0.2, 0) is 19.4 Å². The Morgan fingerprint density at radius 1 is 1.19 bits per heavy atom. The van der Waals surface area contributed by atoms with Gasteiger partial charge in [0.1, 0.15) is 17.1 Å². The molecule has 0 aliphatic heterocycles. The highest BCUT2D eigenvalue weighted by molar-refractivity contribution is 5.96. The van der Waals surface area contributed by atoms with E-state index in [1.165, 1.54) is 12.1 Å². The second kappa shape index (κ2) is 7.73. The first-order valence-corrected chi connectivity index (χ1v) is 9.02. The maximum Gasteiger partial charge on any atom is 0.257 e. The molecule has 1 N–H and O–H groups in total. The van der Waals surface area contributed by atoms with E-state index in [0.29, 0.717) is 36.4 Å². The van der Waals surface area contributed by atoms with Gasteiger partial charge in [0.05, 0.1) is 17.1 Å². The van der Waals surface area contributed by atoms with Crippen molar-refractivity contribution < 1.29 is 13.7 Å². The minimum atomic E-state index is -0.292. The molecule has 1 amide bonds. The van der Waals surface area contributed by atoms with Gasteiger partial charge in [-0.3, -0.25) is 4.79 Å². The number of nitrogens with one attached hydrogen (secondary N) is 1. The minimum Gasteiger partial charge on any atom is -0.360 e. The standard InChI is InChI=1S/C20H23FN4O2/c1-5-17-19(18(6-2)27-24-17)20(26)22-11-16-12(3)23-25(13(16)4)15-9-7-14(21)8-10-15/h7-10H,5-6,11H2,1-4H3,(H,22,26). The fourth-order valence-corrected chi connectivity index (χ4v) is 3.12. The van der Waals surface area contributed by atoms with Gasteiger partial charge in [-0.1, -0.05) is 19.0 Å². The number of benzene rings is 1. The summed E-state index contributed by atoms with van der Waals surface area (Å²) in [5.41, 5.74) is 4.61. The van der Waals surface area contributed by atoms with Crippen molar-refractivity contribution in [2.75, 3.05) is 0 Å². The Morgan fingerprint density at radius 3 is 2.52 bits per heavy atom. The Bertz CT molecular complexity index is 936. The first-order chi connectivity index (χ1) is 13.0. The summed E-state index contributed by atoms with van der Waals surface area (Å²) in [5, 5.41) is 11.5. The average molecular weight is 370 g/mol. The number of hydrogen-bond acceptors (Lipinski definition) is 4. The monoisotopic (exact) mass is 370 g/mol. The summed E-state index contributed by atoms with van der Waals surface area (Å²) in [6.45, 7) is 8.03. The molecule has 1 aromatic carbocycles. The highest BCUT2D eigenvalue weighted by Gasteiger charge is 2.21. The molecule has 27 heavy (non-hydrogen) atoms. The van der Waals surface area contributed by atoms with Gasteiger partial charge in [-0.25, -0.2) is 9.07 Å². The van der Waals surface area contributed by atoms with Gasteiger partial charge in [-0.2, -0.15) is 5.10 Å². The topological polar surface area (TPSA) is 73.0 Å². The molecule has 0 spiro atoms. The fourth-order valence-electron chi connectivity index (χ4n) is 3.12. The van der Waals surface area contributed by atoms with Crippen LogP contribution in [0.15, 0.2) is 28.8 Å². The number of aryl methyl sites for hydroxylation is 3. The molecule has 0 aliphatic rings. The van der Waals surface area contributed by atoms with Crippen molar-refractivity contribution in [3.8, 4) is 5.69 Å². The van der Waals surface area contributed by atoms with Crippen molar-refractivity contribution in [1.82, 2.24) is 20.3 Å². The van der Waals surface area contributed by atoms with Crippen LogP contribution in [0.3, 0.4) is 0 Å². The molecule has 0 aliphatic carbocycles. The Kier molecular flexibility index (Phi) is 5.39. The van der Waals surface area contributed by atoms with Crippen LogP contribution in [0.1, 0.15) is 52.6 Å². The van der Waals surface area contributed by atoms with E-state index in [9.17, 15) is 9.18 Å². The van der Waals surface area contributed by atoms with Crippen LogP contribution in [0.5, 0.6) is 0 Å². The van der Waals surface area contributed by atoms with Crippen LogP contribution >= 0.6 is 0 Å². The van der Waals surface area contributed by atoms with E-state index in [1.807, 2.05) is 27.7 Å². The van der Waals surface area contributed by atoms with Crippen LogP contribution in [0.2, 0.25) is 0 Å². The summed E-state index contributed by atoms with van der Waals surface area (Å²) < 4.78 is 20.2. The van der Waals surface area contributed by atoms with Gasteiger partial charge in [0.25, 0.3) is 5.91 Å². The number of halogens is 1. The zero-order valence-corrected chi connectivity index (χ0v) is 16.0. The maximum absolute atomic E-state index is 13.2. The summed E-state index contributed by atoms with van der Waals surface area (Å²) in [6.07, 6.45) is 1.24. The molecule has 7 heteroatoms. The lowest BCUT2D eigenvalue weighted by Gasteiger charge is -2.08. The molecule has 0 saturated carbocycles.